The number of likely N-dealkylation sites (N-methyl/N-ethyl adjacent to an activating group) is 1. The molecule has 0 aliphatic heterocycles. The molecule has 1 atom stereocenters. The van der Waals surface area contributed by atoms with Crippen LogP contribution < -0.4 is 10.6 Å². The standard InChI is InChI=1S/C16H28N4O5.C6H7N/c1-16(2,3)25-15(24)12(7-6-11(21)8-17)19-13(22)9-18-14(23)10-20(4)5;1-6-3-2-4-7-5-6/h8,12,17H,6-7,9-10H2,1-5H3,(H,18,23)(H,19,22);2-5H,1H3. The minimum atomic E-state index is -1.03. The van der Waals surface area contributed by atoms with E-state index in [0.29, 0.717) is 6.21 Å². The van der Waals surface area contributed by atoms with E-state index in [4.69, 9.17) is 10.1 Å². The number of aryl methyl sites for hydroxylation is 1. The first-order valence-electron chi connectivity index (χ1n) is 10.2. The first kappa shape index (κ1) is 28.9. The average Bonchev–Trinajstić information content (AvgIpc) is 2.68. The summed E-state index contributed by atoms with van der Waals surface area (Å²) >= 11 is 0. The van der Waals surface area contributed by atoms with Gasteiger partial charge in [0.05, 0.1) is 19.3 Å². The van der Waals surface area contributed by atoms with E-state index >= 15 is 0 Å². The zero-order valence-corrected chi connectivity index (χ0v) is 19.7. The molecule has 0 aliphatic rings. The van der Waals surface area contributed by atoms with Crippen molar-refractivity contribution < 1.29 is 23.9 Å². The summed E-state index contributed by atoms with van der Waals surface area (Å²) in [7, 11) is 3.44. The lowest BCUT2D eigenvalue weighted by Crippen LogP contribution is -2.48. The predicted octanol–water partition coefficient (Wildman–Crippen LogP) is 0.880. The molecular weight excluding hydrogens is 414 g/mol. The molecule has 0 aromatic carbocycles. The van der Waals surface area contributed by atoms with Crippen LogP contribution in [0.5, 0.6) is 0 Å². The van der Waals surface area contributed by atoms with Gasteiger partial charge in [0.15, 0.2) is 5.78 Å². The number of ketones is 1. The molecule has 178 valence electrons. The fraction of sp³-hybridized carbons (Fsp3) is 0.545. The van der Waals surface area contributed by atoms with Crippen LogP contribution in [0.25, 0.3) is 0 Å². The molecule has 10 heteroatoms. The number of carbonyl (C=O) groups is 4. The molecule has 0 radical (unpaired) electrons. The second kappa shape index (κ2) is 14.8. The van der Waals surface area contributed by atoms with Crippen molar-refractivity contribution in [3.8, 4) is 0 Å². The van der Waals surface area contributed by atoms with E-state index in [1.54, 1.807) is 46.0 Å². The number of nitrogens with zero attached hydrogens (tertiary/aromatic N) is 2. The predicted molar refractivity (Wildman–Crippen MR) is 121 cm³/mol. The summed E-state index contributed by atoms with van der Waals surface area (Å²) in [6.07, 6.45) is 4.21. The van der Waals surface area contributed by atoms with Gasteiger partial charge in [-0.05, 0) is 59.8 Å². The molecule has 0 spiro atoms. The summed E-state index contributed by atoms with van der Waals surface area (Å²) in [6, 6.07) is 2.92. The van der Waals surface area contributed by atoms with Crippen LogP contribution >= 0.6 is 0 Å². The maximum atomic E-state index is 12.2. The third-order valence-electron chi connectivity index (χ3n) is 3.58. The zero-order valence-electron chi connectivity index (χ0n) is 19.7. The lowest BCUT2D eigenvalue weighted by atomic mass is 10.1. The van der Waals surface area contributed by atoms with E-state index < -0.39 is 29.3 Å². The van der Waals surface area contributed by atoms with Crippen molar-refractivity contribution >= 4 is 29.8 Å². The van der Waals surface area contributed by atoms with Crippen molar-refractivity contribution in [2.75, 3.05) is 27.2 Å². The molecule has 1 aromatic heterocycles. The number of carbonyl (C=O) groups excluding carboxylic acids is 4. The molecule has 3 N–H and O–H groups in total. The molecule has 0 aliphatic carbocycles. The lowest BCUT2D eigenvalue weighted by molar-refractivity contribution is -0.158. The number of esters is 1. The molecule has 1 unspecified atom stereocenters. The molecule has 0 fully saturated rings. The molecule has 0 saturated carbocycles. The van der Waals surface area contributed by atoms with E-state index in [1.807, 2.05) is 25.3 Å². The van der Waals surface area contributed by atoms with Crippen LogP contribution in [0.3, 0.4) is 0 Å². The van der Waals surface area contributed by atoms with Crippen molar-refractivity contribution in [2.24, 2.45) is 0 Å². The maximum Gasteiger partial charge on any atom is 0.329 e. The van der Waals surface area contributed by atoms with Gasteiger partial charge in [0, 0.05) is 18.8 Å². The van der Waals surface area contributed by atoms with Crippen LogP contribution in [-0.2, 0) is 23.9 Å². The van der Waals surface area contributed by atoms with Gasteiger partial charge in [-0.2, -0.15) is 0 Å². The first-order valence-corrected chi connectivity index (χ1v) is 10.2. The first-order chi connectivity index (χ1) is 14.8. The number of hydrogen-bond donors (Lipinski definition) is 3. The van der Waals surface area contributed by atoms with Crippen LogP contribution in [0.2, 0.25) is 0 Å². The number of aromatic nitrogens is 1. The highest BCUT2D eigenvalue weighted by Crippen LogP contribution is 2.11. The van der Waals surface area contributed by atoms with Gasteiger partial charge in [-0.1, -0.05) is 6.07 Å². The smallest absolute Gasteiger partial charge is 0.329 e. The van der Waals surface area contributed by atoms with Crippen LogP contribution in [0, 0.1) is 12.3 Å². The van der Waals surface area contributed by atoms with Gasteiger partial charge in [0.1, 0.15) is 11.6 Å². The number of nitrogens with one attached hydrogen (secondary N) is 3. The number of amides is 2. The van der Waals surface area contributed by atoms with E-state index in [2.05, 4.69) is 15.6 Å². The van der Waals surface area contributed by atoms with E-state index in [1.165, 1.54) is 5.56 Å². The Bertz CT molecular complexity index is 760. The van der Waals surface area contributed by atoms with Crippen molar-refractivity contribution in [1.82, 2.24) is 20.5 Å². The minimum Gasteiger partial charge on any atom is -0.458 e. The largest absolute Gasteiger partial charge is 0.458 e. The van der Waals surface area contributed by atoms with Gasteiger partial charge in [-0.3, -0.25) is 19.4 Å². The monoisotopic (exact) mass is 449 g/mol. The molecule has 0 saturated heterocycles. The Hall–Kier alpha value is -3.14. The van der Waals surface area contributed by atoms with Crippen LogP contribution in [0.4, 0.5) is 0 Å². The quantitative estimate of drug-likeness (QED) is 0.355. The lowest BCUT2D eigenvalue weighted by Gasteiger charge is -2.24. The number of ether oxygens (including phenoxy) is 1. The van der Waals surface area contributed by atoms with Crippen molar-refractivity contribution in [3.05, 3.63) is 30.1 Å². The molecule has 32 heavy (non-hydrogen) atoms. The van der Waals surface area contributed by atoms with Crippen LogP contribution in [0.15, 0.2) is 24.5 Å². The Balaban J connectivity index is 0.00000115. The second-order valence-corrected chi connectivity index (χ2v) is 8.35. The van der Waals surface area contributed by atoms with Crippen molar-refractivity contribution in [2.45, 2.75) is 52.2 Å². The Morgan fingerprint density at radius 2 is 1.88 bits per heavy atom. The normalized spacial score (nSPS) is 11.5. The number of rotatable bonds is 10. The fourth-order valence-corrected chi connectivity index (χ4v) is 2.20. The van der Waals surface area contributed by atoms with Crippen LogP contribution in [-0.4, -0.2) is 78.5 Å². The molecule has 1 aromatic rings. The molecule has 1 rings (SSSR count). The van der Waals surface area contributed by atoms with Gasteiger partial charge in [0.25, 0.3) is 0 Å². The Kier molecular flexibility index (Phi) is 13.3. The zero-order chi connectivity index (χ0) is 24.7. The van der Waals surface area contributed by atoms with Gasteiger partial charge >= 0.3 is 5.97 Å². The number of Topliss-reactive ketones (excluding diaryl/α,β-unsaturated/α-hetero) is 1. The average molecular weight is 450 g/mol. The second-order valence-electron chi connectivity index (χ2n) is 8.35. The highest BCUT2D eigenvalue weighted by Gasteiger charge is 2.27. The van der Waals surface area contributed by atoms with Gasteiger partial charge in [-0.15, -0.1) is 0 Å². The Morgan fingerprint density at radius 1 is 1.22 bits per heavy atom. The third kappa shape index (κ3) is 15.7. The van der Waals surface area contributed by atoms with Crippen molar-refractivity contribution in [3.63, 3.8) is 0 Å². The molecule has 10 nitrogen and oxygen atoms in total. The van der Waals surface area contributed by atoms with Crippen LogP contribution in [0.1, 0.15) is 39.2 Å². The summed E-state index contributed by atoms with van der Waals surface area (Å²) in [5, 5.41) is 11.8. The fourth-order valence-electron chi connectivity index (χ4n) is 2.20. The summed E-state index contributed by atoms with van der Waals surface area (Å²) in [5.74, 6) is -2.02. The summed E-state index contributed by atoms with van der Waals surface area (Å²) in [5.41, 5.74) is 0.466. The Morgan fingerprint density at radius 3 is 2.31 bits per heavy atom. The van der Waals surface area contributed by atoms with Crippen molar-refractivity contribution in [1.29, 1.82) is 5.41 Å². The number of hydrogen-bond acceptors (Lipinski definition) is 8. The summed E-state index contributed by atoms with van der Waals surface area (Å²) < 4.78 is 5.23. The van der Waals surface area contributed by atoms with E-state index in [-0.39, 0.29) is 31.8 Å². The molecular formula is C22H35N5O5. The molecule has 2 amide bonds. The van der Waals surface area contributed by atoms with Gasteiger partial charge < -0.3 is 25.7 Å². The van der Waals surface area contributed by atoms with Gasteiger partial charge in [0.2, 0.25) is 11.8 Å². The van der Waals surface area contributed by atoms with E-state index in [0.717, 1.165) is 0 Å². The summed E-state index contributed by atoms with van der Waals surface area (Å²) in [4.78, 5) is 52.5. The SMILES string of the molecule is CN(C)CC(=O)NCC(=O)NC(CCC(=O)C=N)C(=O)OC(C)(C)C.Cc1cccnc1. The highest BCUT2D eigenvalue weighted by molar-refractivity contribution is 6.26. The molecule has 1 heterocycles. The maximum absolute atomic E-state index is 12.2. The third-order valence-corrected chi connectivity index (χ3v) is 3.58. The summed E-state index contributed by atoms with van der Waals surface area (Å²) in [6.45, 7) is 6.93. The Labute approximate surface area is 189 Å². The topological polar surface area (TPSA) is 142 Å². The van der Waals surface area contributed by atoms with E-state index in [9.17, 15) is 19.2 Å². The highest BCUT2D eigenvalue weighted by atomic mass is 16.6. The van der Waals surface area contributed by atoms with Gasteiger partial charge in [-0.25, -0.2) is 4.79 Å². The minimum absolute atomic E-state index is 0.0144. The number of pyridine rings is 1. The molecule has 0 bridgehead atoms.